The Morgan fingerprint density at radius 2 is 1.89 bits per heavy atom. The van der Waals surface area contributed by atoms with Gasteiger partial charge in [-0.2, -0.15) is 13.8 Å². The number of halogens is 5. The Labute approximate surface area is 257 Å². The molecule has 44 heavy (non-hydrogen) atoms. The van der Waals surface area contributed by atoms with Crippen molar-refractivity contribution in [2.45, 2.75) is 76.2 Å². The van der Waals surface area contributed by atoms with E-state index in [4.69, 9.17) is 11.6 Å². The van der Waals surface area contributed by atoms with E-state index in [-0.39, 0.29) is 35.6 Å². The summed E-state index contributed by atoms with van der Waals surface area (Å²) in [6, 6.07) is 5.42. The molecule has 3 aromatic rings. The van der Waals surface area contributed by atoms with Crippen molar-refractivity contribution < 1.29 is 17.6 Å². The summed E-state index contributed by atoms with van der Waals surface area (Å²) in [6.45, 7) is 1.39. The van der Waals surface area contributed by atoms with Crippen LogP contribution in [0, 0.1) is 11.8 Å². The molecule has 6 atom stereocenters. The third kappa shape index (κ3) is 6.41. The molecule has 3 N–H and O–H groups in total. The summed E-state index contributed by atoms with van der Waals surface area (Å²) >= 11 is 6.28. The summed E-state index contributed by atoms with van der Waals surface area (Å²) in [5, 5.41) is 16.0. The standard InChI is InChI=1S/C29H36ClF4N9O/c1-16-3-2-4-25(21-9-17(7-8-35-21)27-22(36-12-16)13-38-43(27)29(33)34)41-15-37-20(11-26(41)44)19-10-18(30)5-6-24(19)42-14-23(28(31)32)39-40-42/h5-6,10-11,14-17,21-22,25,27-29,35-36,38H,2-4,7-9,12-13H2,1H3/t16-,17?,21?,22?,25+,27?/m1/s1. The fourth-order valence-corrected chi connectivity index (χ4v) is 7.21. The van der Waals surface area contributed by atoms with Gasteiger partial charge in [-0.05, 0) is 68.8 Å². The lowest BCUT2D eigenvalue weighted by atomic mass is 9.79. The van der Waals surface area contributed by atoms with Gasteiger partial charge in [0.15, 0.2) is 0 Å². The molecular weight excluding hydrogens is 602 g/mol. The summed E-state index contributed by atoms with van der Waals surface area (Å²) in [7, 11) is 0. The lowest BCUT2D eigenvalue weighted by molar-refractivity contribution is -0.0841. The number of hydrazine groups is 1. The number of nitrogens with one attached hydrogen (secondary N) is 3. The van der Waals surface area contributed by atoms with Crippen LogP contribution in [0.15, 0.2) is 41.6 Å². The van der Waals surface area contributed by atoms with Crippen molar-refractivity contribution >= 4 is 11.6 Å². The van der Waals surface area contributed by atoms with Crippen LogP contribution in [0.3, 0.4) is 0 Å². The van der Waals surface area contributed by atoms with E-state index in [0.717, 1.165) is 43.4 Å². The average molecular weight is 638 g/mol. The van der Waals surface area contributed by atoms with Crippen molar-refractivity contribution in [3.63, 3.8) is 0 Å². The first-order chi connectivity index (χ1) is 21.2. The zero-order valence-corrected chi connectivity index (χ0v) is 25.0. The van der Waals surface area contributed by atoms with Gasteiger partial charge in [-0.1, -0.05) is 30.2 Å². The summed E-state index contributed by atoms with van der Waals surface area (Å²) in [6.07, 6.45) is 3.79. The predicted octanol–water partition coefficient (Wildman–Crippen LogP) is 4.18. The smallest absolute Gasteiger partial charge is 0.307 e. The Bertz CT molecular complexity index is 1500. The van der Waals surface area contributed by atoms with E-state index in [1.54, 1.807) is 22.8 Å². The molecule has 3 saturated heterocycles. The maximum absolute atomic E-state index is 14.1. The normalized spacial score (nSPS) is 28.5. The van der Waals surface area contributed by atoms with Crippen molar-refractivity contribution in [2.75, 3.05) is 19.6 Å². The number of hydrogen-bond acceptors (Lipinski definition) is 8. The minimum Gasteiger partial charge on any atom is -0.312 e. The molecule has 0 radical (unpaired) electrons. The van der Waals surface area contributed by atoms with E-state index in [2.05, 4.69) is 38.3 Å². The Balaban J connectivity index is 1.33. The van der Waals surface area contributed by atoms with Crippen LogP contribution in [-0.4, -0.2) is 73.9 Å². The third-order valence-corrected chi connectivity index (χ3v) is 9.43. The molecule has 2 bridgehead atoms. The topological polar surface area (TPSA) is 105 Å². The van der Waals surface area contributed by atoms with Gasteiger partial charge < -0.3 is 10.6 Å². The number of alkyl halides is 4. The minimum atomic E-state index is -2.78. The highest BCUT2D eigenvalue weighted by Crippen LogP contribution is 2.35. The number of fused-ring (bicyclic) bond motifs is 4. The van der Waals surface area contributed by atoms with Gasteiger partial charge >= 0.3 is 6.55 Å². The van der Waals surface area contributed by atoms with Crippen LogP contribution in [0.1, 0.15) is 57.2 Å². The fraction of sp³-hybridized carbons (Fsp3) is 0.586. The van der Waals surface area contributed by atoms with Crippen molar-refractivity contribution in [2.24, 2.45) is 11.8 Å². The number of rotatable bonds is 5. The second-order valence-electron chi connectivity index (χ2n) is 12.1. The molecule has 3 aliphatic rings. The molecule has 0 saturated carbocycles. The fourth-order valence-electron chi connectivity index (χ4n) is 7.03. The van der Waals surface area contributed by atoms with Crippen LogP contribution < -0.4 is 21.6 Å². The van der Waals surface area contributed by atoms with Gasteiger partial charge in [0.05, 0.1) is 29.9 Å². The quantitative estimate of drug-likeness (QED) is 0.283. The zero-order chi connectivity index (χ0) is 31.0. The lowest BCUT2D eigenvalue weighted by Gasteiger charge is -2.42. The largest absolute Gasteiger partial charge is 0.312 e. The minimum absolute atomic E-state index is 0.00209. The average Bonchev–Trinajstić information content (AvgIpc) is 3.66. The van der Waals surface area contributed by atoms with Crippen LogP contribution in [0.2, 0.25) is 5.02 Å². The highest BCUT2D eigenvalue weighted by atomic mass is 35.5. The monoisotopic (exact) mass is 637 g/mol. The summed E-state index contributed by atoms with van der Waals surface area (Å²) in [5.41, 5.74) is 3.32. The Kier molecular flexibility index (Phi) is 9.34. The van der Waals surface area contributed by atoms with Gasteiger partial charge in [0, 0.05) is 41.3 Å². The Morgan fingerprint density at radius 1 is 1.05 bits per heavy atom. The Hall–Kier alpha value is -2.91. The number of piperidine rings is 1. The highest BCUT2D eigenvalue weighted by Gasteiger charge is 2.45. The molecule has 0 amide bonds. The van der Waals surface area contributed by atoms with Gasteiger partial charge in [0.25, 0.3) is 12.0 Å². The molecule has 0 spiro atoms. The predicted molar refractivity (Wildman–Crippen MR) is 157 cm³/mol. The molecule has 15 heteroatoms. The molecule has 0 aliphatic carbocycles. The van der Waals surface area contributed by atoms with E-state index in [0.29, 0.717) is 47.4 Å². The second-order valence-corrected chi connectivity index (χ2v) is 12.5. The number of benzene rings is 1. The molecule has 1 aromatic carbocycles. The van der Waals surface area contributed by atoms with E-state index in [1.165, 1.54) is 17.1 Å². The van der Waals surface area contributed by atoms with Crippen LogP contribution in [0.25, 0.3) is 16.9 Å². The second kappa shape index (κ2) is 13.2. The highest BCUT2D eigenvalue weighted by molar-refractivity contribution is 6.31. The van der Waals surface area contributed by atoms with Crippen molar-refractivity contribution in [3.8, 4) is 16.9 Å². The number of nitrogens with zero attached hydrogens (tertiary/aromatic N) is 6. The van der Waals surface area contributed by atoms with Crippen molar-refractivity contribution in [1.82, 2.24) is 45.6 Å². The lowest BCUT2D eigenvalue weighted by Crippen LogP contribution is -2.56. The number of aromatic nitrogens is 5. The van der Waals surface area contributed by atoms with Gasteiger partial charge in [-0.3, -0.25) is 9.36 Å². The molecule has 6 rings (SSSR count). The van der Waals surface area contributed by atoms with E-state index in [9.17, 15) is 22.4 Å². The molecular formula is C29H36ClF4N9O. The van der Waals surface area contributed by atoms with Gasteiger partial charge in [0.1, 0.15) is 5.69 Å². The van der Waals surface area contributed by atoms with Crippen LogP contribution in [0.5, 0.6) is 0 Å². The first-order valence-corrected chi connectivity index (χ1v) is 15.4. The van der Waals surface area contributed by atoms with Crippen LogP contribution in [0.4, 0.5) is 17.6 Å². The van der Waals surface area contributed by atoms with Crippen LogP contribution in [-0.2, 0) is 0 Å². The first kappa shape index (κ1) is 31.1. The molecule has 10 nitrogen and oxygen atoms in total. The zero-order valence-electron chi connectivity index (χ0n) is 24.2. The summed E-state index contributed by atoms with van der Waals surface area (Å²) in [4.78, 5) is 18.4. The number of hydrogen-bond donors (Lipinski definition) is 3. The summed E-state index contributed by atoms with van der Waals surface area (Å²) < 4.78 is 57.4. The summed E-state index contributed by atoms with van der Waals surface area (Å²) in [5.74, 6) is 0.336. The molecule has 5 heterocycles. The molecule has 4 unspecified atom stereocenters. The van der Waals surface area contributed by atoms with Crippen molar-refractivity contribution in [3.05, 3.63) is 57.9 Å². The molecule has 3 aliphatic heterocycles. The van der Waals surface area contributed by atoms with Gasteiger partial charge in [-0.15, -0.1) is 5.10 Å². The SMILES string of the molecule is C[C@@H]1CCC[C@H](n2cnc(-c3cc(Cl)ccc3-n3cc(C(F)F)nn3)cc2=O)C2CC(CCN2)C2C(CNN2C(F)F)NC1. The maximum Gasteiger partial charge on any atom is 0.307 e. The van der Waals surface area contributed by atoms with Crippen molar-refractivity contribution in [1.29, 1.82) is 0 Å². The van der Waals surface area contributed by atoms with E-state index < -0.39 is 18.7 Å². The molecule has 2 aromatic heterocycles. The first-order valence-electron chi connectivity index (χ1n) is 15.0. The van der Waals surface area contributed by atoms with E-state index in [1.807, 2.05) is 0 Å². The Morgan fingerprint density at radius 3 is 2.64 bits per heavy atom. The van der Waals surface area contributed by atoms with Gasteiger partial charge in [-0.25, -0.2) is 23.9 Å². The molecule has 238 valence electrons. The van der Waals surface area contributed by atoms with Gasteiger partial charge in [0.2, 0.25) is 0 Å². The van der Waals surface area contributed by atoms with E-state index >= 15 is 0 Å². The third-order valence-electron chi connectivity index (χ3n) is 9.20. The van der Waals surface area contributed by atoms with Crippen LogP contribution >= 0.6 is 11.6 Å². The maximum atomic E-state index is 14.1. The molecule has 3 fully saturated rings.